The van der Waals surface area contributed by atoms with Gasteiger partial charge in [-0.2, -0.15) is 11.3 Å². The predicted molar refractivity (Wildman–Crippen MR) is 79.6 cm³/mol. The fraction of sp³-hybridized carbons (Fsp3) is 0.667. The van der Waals surface area contributed by atoms with Crippen LogP contribution in [0.3, 0.4) is 0 Å². The molecule has 0 bridgehead atoms. The molecule has 4 unspecified atom stereocenters. The van der Waals surface area contributed by atoms with Crippen LogP contribution in [0, 0.1) is 5.92 Å². The van der Waals surface area contributed by atoms with Gasteiger partial charge in [-0.25, -0.2) is 0 Å². The van der Waals surface area contributed by atoms with Gasteiger partial charge in [-0.3, -0.25) is 4.79 Å². The van der Waals surface area contributed by atoms with Crippen LogP contribution >= 0.6 is 11.3 Å². The molecule has 0 aromatic carbocycles. The Morgan fingerprint density at radius 1 is 1.50 bits per heavy atom. The van der Waals surface area contributed by atoms with Gasteiger partial charge < -0.3 is 15.7 Å². The van der Waals surface area contributed by atoms with E-state index in [4.69, 9.17) is 0 Å². The molecule has 1 aromatic heterocycles. The predicted octanol–water partition coefficient (Wildman–Crippen LogP) is 1.82. The maximum absolute atomic E-state index is 12.2. The Labute approximate surface area is 123 Å². The maximum atomic E-state index is 12.2. The first-order valence-corrected chi connectivity index (χ1v) is 8.42. The van der Waals surface area contributed by atoms with E-state index >= 15 is 0 Å². The molecular weight excluding hydrogens is 272 g/mol. The van der Waals surface area contributed by atoms with Crippen LogP contribution in [0.2, 0.25) is 0 Å². The summed E-state index contributed by atoms with van der Waals surface area (Å²) in [7, 11) is 0. The zero-order valence-electron chi connectivity index (χ0n) is 11.5. The molecule has 1 saturated heterocycles. The number of aliphatic hydroxyl groups excluding tert-OH is 1. The number of hydrogen-bond acceptors (Lipinski definition) is 4. The van der Waals surface area contributed by atoms with Crippen LogP contribution in [0.15, 0.2) is 16.8 Å². The number of carbonyl (C=O) groups is 1. The zero-order chi connectivity index (χ0) is 13.9. The third-order valence-corrected chi connectivity index (χ3v) is 5.28. The largest absolute Gasteiger partial charge is 0.387 e. The molecule has 110 valence electrons. The van der Waals surface area contributed by atoms with Crippen molar-refractivity contribution in [2.75, 3.05) is 6.54 Å². The number of aliphatic hydroxyl groups is 1. The number of nitrogens with one attached hydrogen (secondary N) is 2. The van der Waals surface area contributed by atoms with Gasteiger partial charge in [0, 0.05) is 12.6 Å². The van der Waals surface area contributed by atoms with E-state index in [-0.39, 0.29) is 11.9 Å². The molecule has 4 atom stereocenters. The number of carbonyl (C=O) groups excluding carboxylic acids is 1. The van der Waals surface area contributed by atoms with Gasteiger partial charge in [0.15, 0.2) is 0 Å². The molecule has 1 aromatic rings. The van der Waals surface area contributed by atoms with Gasteiger partial charge in [0.05, 0.1) is 12.1 Å². The van der Waals surface area contributed by atoms with Crippen LogP contribution in [0.4, 0.5) is 0 Å². The third-order valence-electron chi connectivity index (χ3n) is 4.58. The Balaban J connectivity index is 1.48. The molecule has 1 saturated carbocycles. The lowest BCUT2D eigenvalue weighted by molar-refractivity contribution is -0.123. The molecule has 0 radical (unpaired) electrons. The van der Waals surface area contributed by atoms with E-state index in [1.807, 2.05) is 16.8 Å². The summed E-state index contributed by atoms with van der Waals surface area (Å²) in [5.74, 6) is 0.704. The summed E-state index contributed by atoms with van der Waals surface area (Å²) in [5.41, 5.74) is 0.878. The standard InChI is InChI=1S/C15H22N2O2S/c18-14(11-5-6-20-9-11)8-16-15(19)13-7-10-3-1-2-4-12(10)17-13/h5-6,9-10,12-14,17-18H,1-4,7-8H2,(H,16,19). The monoisotopic (exact) mass is 294 g/mol. The molecule has 1 amide bonds. The van der Waals surface area contributed by atoms with Gasteiger partial charge in [-0.1, -0.05) is 12.8 Å². The summed E-state index contributed by atoms with van der Waals surface area (Å²) < 4.78 is 0. The summed E-state index contributed by atoms with van der Waals surface area (Å²) >= 11 is 1.56. The first kappa shape index (κ1) is 14.0. The van der Waals surface area contributed by atoms with Crippen molar-refractivity contribution in [1.29, 1.82) is 0 Å². The number of amides is 1. The van der Waals surface area contributed by atoms with E-state index in [0.717, 1.165) is 12.0 Å². The van der Waals surface area contributed by atoms with Gasteiger partial charge in [0.1, 0.15) is 0 Å². The Bertz CT molecular complexity index is 435. The van der Waals surface area contributed by atoms with Gasteiger partial charge in [0.2, 0.25) is 5.91 Å². The average Bonchev–Trinajstić information content (AvgIpc) is 3.12. The Hall–Kier alpha value is -0.910. The van der Waals surface area contributed by atoms with Crippen LogP contribution in [0.25, 0.3) is 0 Å². The number of rotatable bonds is 4. The summed E-state index contributed by atoms with van der Waals surface area (Å²) in [6, 6.07) is 2.35. The van der Waals surface area contributed by atoms with Crippen molar-refractivity contribution in [1.82, 2.24) is 10.6 Å². The molecule has 4 nitrogen and oxygen atoms in total. The SMILES string of the molecule is O=C(NCC(O)c1ccsc1)C1CC2CCCCC2N1. The summed E-state index contributed by atoms with van der Waals surface area (Å²) in [6.45, 7) is 0.295. The minimum Gasteiger partial charge on any atom is -0.387 e. The lowest BCUT2D eigenvalue weighted by atomic mass is 9.85. The second kappa shape index (κ2) is 6.24. The van der Waals surface area contributed by atoms with Crippen molar-refractivity contribution in [2.45, 2.75) is 50.3 Å². The molecule has 5 heteroatoms. The van der Waals surface area contributed by atoms with Crippen molar-refractivity contribution in [3.8, 4) is 0 Å². The van der Waals surface area contributed by atoms with E-state index < -0.39 is 6.10 Å². The van der Waals surface area contributed by atoms with Crippen LogP contribution in [0.1, 0.15) is 43.8 Å². The van der Waals surface area contributed by atoms with Gasteiger partial charge in [-0.15, -0.1) is 0 Å². The zero-order valence-corrected chi connectivity index (χ0v) is 12.4. The van der Waals surface area contributed by atoms with E-state index in [0.29, 0.717) is 18.5 Å². The second-order valence-corrected chi connectivity index (χ2v) is 6.70. The molecule has 2 fully saturated rings. The molecule has 1 aliphatic heterocycles. The minimum atomic E-state index is -0.603. The van der Waals surface area contributed by atoms with Crippen LogP contribution in [-0.4, -0.2) is 29.6 Å². The van der Waals surface area contributed by atoms with Crippen LogP contribution < -0.4 is 10.6 Å². The Morgan fingerprint density at radius 2 is 2.35 bits per heavy atom. The molecule has 3 rings (SSSR count). The topological polar surface area (TPSA) is 61.4 Å². The highest BCUT2D eigenvalue weighted by Crippen LogP contribution is 2.33. The third kappa shape index (κ3) is 3.05. The smallest absolute Gasteiger partial charge is 0.237 e. The Morgan fingerprint density at radius 3 is 3.10 bits per heavy atom. The molecular formula is C15H22N2O2S. The summed E-state index contributed by atoms with van der Waals surface area (Å²) in [6.07, 6.45) is 5.37. The molecule has 1 aliphatic carbocycles. The van der Waals surface area contributed by atoms with E-state index in [2.05, 4.69) is 10.6 Å². The average molecular weight is 294 g/mol. The summed E-state index contributed by atoms with van der Waals surface area (Å²) in [5, 5.41) is 20.2. The van der Waals surface area contributed by atoms with Crippen LogP contribution in [0.5, 0.6) is 0 Å². The van der Waals surface area contributed by atoms with Crippen LogP contribution in [-0.2, 0) is 4.79 Å². The van der Waals surface area contributed by atoms with E-state index in [1.54, 1.807) is 11.3 Å². The second-order valence-electron chi connectivity index (χ2n) is 5.92. The number of hydrogen-bond donors (Lipinski definition) is 3. The normalized spacial score (nSPS) is 30.8. The summed E-state index contributed by atoms with van der Waals surface area (Å²) in [4.78, 5) is 12.2. The lowest BCUT2D eigenvalue weighted by Gasteiger charge is -2.24. The maximum Gasteiger partial charge on any atom is 0.237 e. The molecule has 3 N–H and O–H groups in total. The van der Waals surface area contributed by atoms with Crippen molar-refractivity contribution < 1.29 is 9.90 Å². The highest BCUT2D eigenvalue weighted by Gasteiger charge is 2.38. The van der Waals surface area contributed by atoms with Crippen molar-refractivity contribution >= 4 is 17.2 Å². The molecule has 20 heavy (non-hydrogen) atoms. The number of thiophene rings is 1. The van der Waals surface area contributed by atoms with Gasteiger partial charge in [0.25, 0.3) is 0 Å². The highest BCUT2D eigenvalue weighted by atomic mass is 32.1. The van der Waals surface area contributed by atoms with E-state index in [9.17, 15) is 9.90 Å². The van der Waals surface area contributed by atoms with Crippen molar-refractivity contribution in [3.63, 3.8) is 0 Å². The van der Waals surface area contributed by atoms with Gasteiger partial charge in [-0.05, 0) is 47.6 Å². The molecule has 2 aliphatic rings. The minimum absolute atomic E-state index is 0.0358. The fourth-order valence-electron chi connectivity index (χ4n) is 3.42. The highest BCUT2D eigenvalue weighted by molar-refractivity contribution is 7.07. The lowest BCUT2D eigenvalue weighted by Crippen LogP contribution is -2.44. The van der Waals surface area contributed by atoms with Gasteiger partial charge >= 0.3 is 0 Å². The fourth-order valence-corrected chi connectivity index (χ4v) is 4.13. The first-order chi connectivity index (χ1) is 9.74. The van der Waals surface area contributed by atoms with E-state index in [1.165, 1.54) is 25.7 Å². The molecule has 2 heterocycles. The molecule has 0 spiro atoms. The quantitative estimate of drug-likeness (QED) is 0.794. The first-order valence-electron chi connectivity index (χ1n) is 7.48. The number of fused-ring (bicyclic) bond motifs is 1. The van der Waals surface area contributed by atoms with Crippen molar-refractivity contribution in [2.24, 2.45) is 5.92 Å². The van der Waals surface area contributed by atoms with Crippen molar-refractivity contribution in [3.05, 3.63) is 22.4 Å². The Kier molecular flexibility index (Phi) is 4.38.